The monoisotopic (exact) mass is 618 g/mol. The fourth-order valence-electron chi connectivity index (χ4n) is 4.53. The molecule has 1 atom stereocenters. The van der Waals surface area contributed by atoms with E-state index in [-0.39, 0.29) is 12.2 Å². The van der Waals surface area contributed by atoms with Crippen molar-refractivity contribution in [3.63, 3.8) is 0 Å². The number of halogens is 1. The van der Waals surface area contributed by atoms with Gasteiger partial charge in [-0.05, 0) is 60.9 Å². The predicted molar refractivity (Wildman–Crippen MR) is 158 cm³/mol. The molecule has 1 aliphatic heterocycles. The fourth-order valence-corrected chi connectivity index (χ4v) is 5.84. The summed E-state index contributed by atoms with van der Waals surface area (Å²) < 4.78 is 19.9. The highest BCUT2D eigenvalue weighted by molar-refractivity contribution is 9.10. The number of fused-ring (bicyclic) bond motifs is 1. The topological polar surface area (TPSA) is 79.1 Å². The zero-order chi connectivity index (χ0) is 28.2. The van der Waals surface area contributed by atoms with Crippen molar-refractivity contribution in [3.8, 4) is 11.5 Å². The molecule has 0 amide bonds. The number of hydrogen-bond acceptors (Lipinski definition) is 7. The van der Waals surface area contributed by atoms with E-state index in [9.17, 15) is 9.59 Å². The van der Waals surface area contributed by atoms with Crippen LogP contribution in [-0.2, 0) is 16.1 Å². The summed E-state index contributed by atoms with van der Waals surface area (Å²) in [6.45, 7) is 4.16. The number of carbonyl (C=O) groups is 1. The van der Waals surface area contributed by atoms with Crippen LogP contribution in [0.2, 0.25) is 0 Å². The maximum atomic E-state index is 13.8. The van der Waals surface area contributed by atoms with Crippen LogP contribution in [0.3, 0.4) is 0 Å². The quantitative estimate of drug-likeness (QED) is 0.255. The van der Waals surface area contributed by atoms with Crippen molar-refractivity contribution in [1.82, 2.24) is 4.57 Å². The van der Waals surface area contributed by atoms with E-state index in [1.165, 1.54) is 11.3 Å². The Kier molecular flexibility index (Phi) is 8.32. The molecule has 3 aromatic carbocycles. The Bertz CT molecular complexity index is 1760. The van der Waals surface area contributed by atoms with E-state index in [0.29, 0.717) is 38.7 Å². The summed E-state index contributed by atoms with van der Waals surface area (Å²) in [4.78, 5) is 32.0. The summed E-state index contributed by atoms with van der Waals surface area (Å²) in [5.74, 6) is 0.683. The van der Waals surface area contributed by atoms with Gasteiger partial charge in [0.25, 0.3) is 5.56 Å². The van der Waals surface area contributed by atoms with E-state index in [0.717, 1.165) is 21.2 Å². The number of nitrogens with zero attached hydrogens (tertiary/aromatic N) is 2. The van der Waals surface area contributed by atoms with Crippen LogP contribution in [0.15, 0.2) is 98.3 Å². The Balaban J connectivity index is 1.55. The Morgan fingerprint density at radius 1 is 1.07 bits per heavy atom. The number of hydrogen-bond donors (Lipinski definition) is 0. The lowest BCUT2D eigenvalue weighted by Gasteiger charge is -2.24. The number of rotatable bonds is 8. The third-order valence-electron chi connectivity index (χ3n) is 6.43. The molecule has 0 spiro atoms. The van der Waals surface area contributed by atoms with Crippen molar-refractivity contribution in [1.29, 1.82) is 0 Å². The summed E-state index contributed by atoms with van der Waals surface area (Å²) in [6.07, 6.45) is 1.80. The molecule has 0 fully saturated rings. The number of methoxy groups -OCH3 is 1. The molecule has 1 aromatic heterocycles. The molecule has 0 bridgehead atoms. The van der Waals surface area contributed by atoms with Gasteiger partial charge in [0.15, 0.2) is 16.3 Å². The normalized spacial score (nSPS) is 14.9. The molecule has 0 saturated heterocycles. The van der Waals surface area contributed by atoms with Crippen LogP contribution < -0.4 is 24.4 Å². The molecule has 9 heteroatoms. The molecule has 0 radical (unpaired) electrons. The first-order valence-electron chi connectivity index (χ1n) is 12.7. The summed E-state index contributed by atoms with van der Waals surface area (Å²) in [6, 6.07) is 22.3. The zero-order valence-electron chi connectivity index (χ0n) is 22.2. The minimum absolute atomic E-state index is 0.222. The van der Waals surface area contributed by atoms with E-state index >= 15 is 0 Å². The van der Waals surface area contributed by atoms with Crippen LogP contribution >= 0.6 is 27.3 Å². The van der Waals surface area contributed by atoms with Crippen LogP contribution in [0.1, 0.15) is 36.6 Å². The summed E-state index contributed by atoms with van der Waals surface area (Å²) in [7, 11) is 1.58. The number of allylic oxidation sites excluding steroid dienone is 1. The van der Waals surface area contributed by atoms with Crippen molar-refractivity contribution >= 4 is 39.3 Å². The first-order chi connectivity index (χ1) is 19.4. The lowest BCUT2D eigenvalue weighted by atomic mass is 9.96. The van der Waals surface area contributed by atoms with Crippen LogP contribution in [0.5, 0.6) is 11.5 Å². The van der Waals surface area contributed by atoms with Crippen molar-refractivity contribution in [2.45, 2.75) is 26.5 Å². The first kappa shape index (κ1) is 27.6. The highest BCUT2D eigenvalue weighted by Gasteiger charge is 2.33. The van der Waals surface area contributed by atoms with Crippen molar-refractivity contribution in [2.75, 3.05) is 13.7 Å². The standard InChI is InChI=1S/C31H27BrN2O5S/c1-4-38-30(36)27-19(2)33-31-34(28(27)22-11-13-23(32)14-12-22)29(35)26(40-31)17-21-10-15-24(25(16-21)37-3)39-18-20-8-6-5-7-9-20/h5-17,28H,4,18H2,1-3H3/b26-17-/t28-/m0/s1. The maximum Gasteiger partial charge on any atom is 0.338 e. The van der Waals surface area contributed by atoms with Gasteiger partial charge in [0.2, 0.25) is 0 Å². The van der Waals surface area contributed by atoms with Gasteiger partial charge in [-0.25, -0.2) is 9.79 Å². The SMILES string of the molecule is CCOC(=O)C1=C(C)N=c2s/c(=C\c3ccc(OCc4ccccc4)c(OC)c3)c(=O)n2[C@H]1c1ccc(Br)cc1. The molecule has 0 aliphatic carbocycles. The molecule has 1 aliphatic rings. The number of esters is 1. The van der Waals surface area contributed by atoms with Crippen molar-refractivity contribution in [3.05, 3.63) is 125 Å². The minimum Gasteiger partial charge on any atom is -0.493 e. The van der Waals surface area contributed by atoms with Crippen LogP contribution in [-0.4, -0.2) is 24.3 Å². The second kappa shape index (κ2) is 12.1. The van der Waals surface area contributed by atoms with Gasteiger partial charge < -0.3 is 14.2 Å². The summed E-state index contributed by atoms with van der Waals surface area (Å²) in [5, 5.41) is 0. The lowest BCUT2D eigenvalue weighted by Crippen LogP contribution is -2.39. The molecule has 0 saturated carbocycles. The predicted octanol–water partition coefficient (Wildman–Crippen LogP) is 5.15. The zero-order valence-corrected chi connectivity index (χ0v) is 24.6. The molecule has 7 nitrogen and oxygen atoms in total. The Labute approximate surface area is 243 Å². The second-order valence-electron chi connectivity index (χ2n) is 9.04. The van der Waals surface area contributed by atoms with Crippen LogP contribution in [0.25, 0.3) is 6.08 Å². The average Bonchev–Trinajstić information content (AvgIpc) is 3.26. The number of benzene rings is 3. The van der Waals surface area contributed by atoms with Gasteiger partial charge in [-0.2, -0.15) is 0 Å². The average molecular weight is 620 g/mol. The molecule has 0 N–H and O–H groups in total. The van der Waals surface area contributed by atoms with Crippen molar-refractivity contribution < 1.29 is 19.0 Å². The smallest absolute Gasteiger partial charge is 0.338 e. The van der Waals surface area contributed by atoms with Gasteiger partial charge in [-0.1, -0.05) is 75.8 Å². The van der Waals surface area contributed by atoms with E-state index in [1.54, 1.807) is 31.6 Å². The van der Waals surface area contributed by atoms with E-state index in [4.69, 9.17) is 14.2 Å². The molecule has 5 rings (SSSR count). The van der Waals surface area contributed by atoms with Gasteiger partial charge >= 0.3 is 5.97 Å². The molecule has 4 aromatic rings. The van der Waals surface area contributed by atoms with Gasteiger partial charge in [0.05, 0.1) is 35.6 Å². The first-order valence-corrected chi connectivity index (χ1v) is 14.3. The van der Waals surface area contributed by atoms with Gasteiger partial charge in [0.1, 0.15) is 6.61 Å². The Hall–Kier alpha value is -3.95. The highest BCUT2D eigenvalue weighted by atomic mass is 79.9. The highest BCUT2D eigenvalue weighted by Crippen LogP contribution is 2.32. The molecule has 2 heterocycles. The summed E-state index contributed by atoms with van der Waals surface area (Å²) >= 11 is 4.74. The van der Waals surface area contributed by atoms with E-state index < -0.39 is 12.0 Å². The molecule has 40 heavy (non-hydrogen) atoms. The third kappa shape index (κ3) is 5.66. The maximum absolute atomic E-state index is 13.8. The largest absolute Gasteiger partial charge is 0.493 e. The molecular weight excluding hydrogens is 592 g/mol. The number of thiazole rings is 1. The van der Waals surface area contributed by atoms with Gasteiger partial charge in [-0.3, -0.25) is 9.36 Å². The van der Waals surface area contributed by atoms with E-state index in [2.05, 4.69) is 20.9 Å². The number of ether oxygens (including phenoxy) is 3. The Morgan fingerprint density at radius 3 is 2.52 bits per heavy atom. The Morgan fingerprint density at radius 2 is 1.82 bits per heavy atom. The fraction of sp³-hybridized carbons (Fsp3) is 0.194. The number of aromatic nitrogens is 1. The van der Waals surface area contributed by atoms with Gasteiger partial charge in [-0.15, -0.1) is 0 Å². The summed E-state index contributed by atoms with van der Waals surface area (Å²) in [5.41, 5.74) is 3.25. The minimum atomic E-state index is -0.658. The lowest BCUT2D eigenvalue weighted by molar-refractivity contribution is -0.139. The molecule has 204 valence electrons. The molecule has 0 unspecified atom stereocenters. The van der Waals surface area contributed by atoms with Crippen LogP contribution in [0.4, 0.5) is 0 Å². The van der Waals surface area contributed by atoms with E-state index in [1.807, 2.05) is 72.8 Å². The van der Waals surface area contributed by atoms with Crippen molar-refractivity contribution in [2.24, 2.45) is 4.99 Å². The number of carbonyl (C=O) groups excluding carboxylic acids is 1. The second-order valence-corrected chi connectivity index (χ2v) is 11.0. The third-order valence-corrected chi connectivity index (χ3v) is 7.94. The van der Waals surface area contributed by atoms with Crippen LogP contribution in [0, 0.1) is 0 Å². The molecular formula is C31H27BrN2O5S. The van der Waals surface area contributed by atoms with Gasteiger partial charge in [0, 0.05) is 4.47 Å².